The molecule has 0 radical (unpaired) electrons. The van der Waals surface area contributed by atoms with Crippen molar-refractivity contribution in [1.29, 1.82) is 0 Å². The highest BCUT2D eigenvalue weighted by Crippen LogP contribution is 2.35. The average molecular weight is 520 g/mol. The molecule has 0 bridgehead atoms. The van der Waals surface area contributed by atoms with Crippen LogP contribution in [0.1, 0.15) is 29.5 Å². The zero-order valence-corrected chi connectivity index (χ0v) is 20.0. The van der Waals surface area contributed by atoms with E-state index in [0.29, 0.717) is 22.1 Å². The fourth-order valence-corrected chi connectivity index (χ4v) is 5.42. The van der Waals surface area contributed by atoms with Gasteiger partial charge in [-0.1, -0.05) is 23.7 Å². The largest absolute Gasteiger partial charge is 0.416 e. The van der Waals surface area contributed by atoms with Gasteiger partial charge in [-0.3, -0.25) is 9.48 Å². The number of likely N-dealkylation sites (tertiary alicyclic amines) is 1. The summed E-state index contributed by atoms with van der Waals surface area (Å²) in [6, 6.07) is 9.25. The number of amides is 1. The van der Waals surface area contributed by atoms with E-state index in [1.54, 1.807) is 18.3 Å². The second kappa shape index (κ2) is 9.33. The Morgan fingerprint density at radius 2 is 2.06 bits per heavy atom. The first-order chi connectivity index (χ1) is 16.7. The molecule has 11 heteroatoms. The molecule has 2 aliphatic heterocycles. The van der Waals surface area contributed by atoms with Gasteiger partial charge in [0.2, 0.25) is 0 Å². The van der Waals surface area contributed by atoms with Crippen LogP contribution in [-0.2, 0) is 17.5 Å². The summed E-state index contributed by atoms with van der Waals surface area (Å²) in [5.41, 5.74) is 6.81. The second-order valence-electron chi connectivity index (χ2n) is 8.58. The van der Waals surface area contributed by atoms with Gasteiger partial charge in [-0.15, -0.1) is 0 Å². The lowest BCUT2D eigenvalue weighted by Crippen LogP contribution is -2.44. The van der Waals surface area contributed by atoms with Gasteiger partial charge in [0.25, 0.3) is 5.91 Å². The molecule has 0 aliphatic carbocycles. The van der Waals surface area contributed by atoms with Crippen molar-refractivity contribution in [2.45, 2.75) is 31.6 Å². The molecule has 5 rings (SSSR count). The highest BCUT2D eigenvalue weighted by Gasteiger charge is 2.34. The number of nitrogens with zero attached hydrogens (tertiary/aromatic N) is 4. The minimum Gasteiger partial charge on any atom is -0.349 e. The third-order valence-electron chi connectivity index (χ3n) is 6.00. The summed E-state index contributed by atoms with van der Waals surface area (Å²) in [6.07, 6.45) is 0.782. The summed E-state index contributed by atoms with van der Waals surface area (Å²) < 4.78 is 41.9. The van der Waals surface area contributed by atoms with E-state index in [9.17, 15) is 18.0 Å². The topological polar surface area (TPSA) is 76.5 Å². The van der Waals surface area contributed by atoms with E-state index in [0.717, 1.165) is 36.4 Å². The van der Waals surface area contributed by atoms with Crippen molar-refractivity contribution in [3.8, 4) is 0 Å². The van der Waals surface area contributed by atoms with Crippen LogP contribution in [0.2, 0.25) is 5.02 Å². The Balaban J connectivity index is 1.37. The SMILES string of the molecule is N[C@@H]1CCCN(C2=NC(=O)C(=Cc3ccc4c(cnn4Cc4ccc(Cl)cc4C(F)(F)F)c3)S2)C1. The van der Waals surface area contributed by atoms with Crippen molar-refractivity contribution in [3.63, 3.8) is 0 Å². The third kappa shape index (κ3) is 5.10. The van der Waals surface area contributed by atoms with Gasteiger partial charge in [0.1, 0.15) is 0 Å². The molecule has 0 unspecified atom stereocenters. The van der Waals surface area contributed by atoms with Crippen LogP contribution in [0.4, 0.5) is 13.2 Å². The predicted octanol–water partition coefficient (Wildman–Crippen LogP) is 5.15. The van der Waals surface area contributed by atoms with Crippen LogP contribution < -0.4 is 5.73 Å². The standard InChI is InChI=1S/C24H21ClF3N5OS/c25-17-5-4-15(19(10-17)24(26,27)28)12-33-20-6-3-14(8-16(20)11-30-33)9-21-22(34)31-23(35-21)32-7-1-2-18(29)13-32/h3-6,8-11,18H,1-2,7,12-13,29H2/t18-/m1/s1. The number of nitrogens with two attached hydrogens (primary N) is 1. The molecule has 1 saturated heterocycles. The number of hydrogen-bond acceptors (Lipinski definition) is 5. The lowest BCUT2D eigenvalue weighted by molar-refractivity contribution is -0.138. The monoisotopic (exact) mass is 519 g/mol. The first-order valence-corrected chi connectivity index (χ1v) is 12.2. The molecular weight excluding hydrogens is 499 g/mol. The van der Waals surface area contributed by atoms with E-state index < -0.39 is 11.7 Å². The van der Waals surface area contributed by atoms with Crippen LogP contribution in [0.15, 0.2) is 52.5 Å². The highest BCUT2D eigenvalue weighted by atomic mass is 35.5. The summed E-state index contributed by atoms with van der Waals surface area (Å²) in [5.74, 6) is -0.289. The summed E-state index contributed by atoms with van der Waals surface area (Å²) >= 11 is 7.12. The molecule has 1 atom stereocenters. The van der Waals surface area contributed by atoms with Crippen molar-refractivity contribution in [2.75, 3.05) is 13.1 Å². The van der Waals surface area contributed by atoms with Crippen molar-refractivity contribution in [2.24, 2.45) is 10.7 Å². The van der Waals surface area contributed by atoms with E-state index in [4.69, 9.17) is 17.3 Å². The van der Waals surface area contributed by atoms with Crippen molar-refractivity contribution in [1.82, 2.24) is 14.7 Å². The molecule has 0 spiro atoms. The highest BCUT2D eigenvalue weighted by molar-refractivity contribution is 8.18. The number of alkyl halides is 3. The van der Waals surface area contributed by atoms with Gasteiger partial charge in [0, 0.05) is 29.5 Å². The van der Waals surface area contributed by atoms with E-state index in [2.05, 4.69) is 15.0 Å². The maximum Gasteiger partial charge on any atom is 0.416 e. The van der Waals surface area contributed by atoms with Crippen LogP contribution in [0.5, 0.6) is 0 Å². The molecule has 6 nitrogen and oxygen atoms in total. The zero-order chi connectivity index (χ0) is 24.7. The van der Waals surface area contributed by atoms with Gasteiger partial charge in [0.15, 0.2) is 5.17 Å². The van der Waals surface area contributed by atoms with Crippen molar-refractivity contribution < 1.29 is 18.0 Å². The molecule has 182 valence electrons. The van der Waals surface area contributed by atoms with E-state index in [-0.39, 0.29) is 29.1 Å². The Kier molecular flexibility index (Phi) is 6.37. The molecule has 3 heterocycles. The second-order valence-corrected chi connectivity index (χ2v) is 10.0. The fraction of sp³-hybridized carbons (Fsp3) is 0.292. The number of carbonyl (C=O) groups is 1. The van der Waals surface area contributed by atoms with Crippen LogP contribution in [0, 0.1) is 0 Å². The molecule has 1 aromatic heterocycles. The predicted molar refractivity (Wildman–Crippen MR) is 132 cm³/mol. The number of aromatic nitrogens is 2. The summed E-state index contributed by atoms with van der Waals surface area (Å²) in [6.45, 7) is 1.45. The number of benzene rings is 2. The van der Waals surface area contributed by atoms with Crippen molar-refractivity contribution in [3.05, 3.63) is 69.2 Å². The number of piperidine rings is 1. The number of rotatable bonds is 3. The van der Waals surface area contributed by atoms with Crippen LogP contribution in [0.25, 0.3) is 17.0 Å². The number of thioether (sulfide) groups is 1. The van der Waals surface area contributed by atoms with Gasteiger partial charge >= 0.3 is 6.18 Å². The fourth-order valence-electron chi connectivity index (χ4n) is 4.30. The van der Waals surface area contributed by atoms with Gasteiger partial charge < -0.3 is 10.6 Å². The molecule has 2 aliphatic rings. The molecule has 1 fully saturated rings. The molecule has 3 aromatic rings. The summed E-state index contributed by atoms with van der Waals surface area (Å²) in [5, 5.41) is 5.74. The first kappa shape index (κ1) is 23.9. The number of hydrogen-bond donors (Lipinski definition) is 1. The summed E-state index contributed by atoms with van der Waals surface area (Å²) in [4.78, 5) is 19.2. The molecule has 2 aromatic carbocycles. The van der Waals surface area contributed by atoms with E-state index in [1.165, 1.54) is 28.6 Å². The molecule has 0 saturated carbocycles. The molecular formula is C24H21ClF3N5OS. The van der Waals surface area contributed by atoms with E-state index >= 15 is 0 Å². The smallest absolute Gasteiger partial charge is 0.349 e. The molecule has 1 amide bonds. The molecule has 35 heavy (non-hydrogen) atoms. The van der Waals surface area contributed by atoms with E-state index in [1.807, 2.05) is 12.1 Å². The average Bonchev–Trinajstić information content (AvgIpc) is 3.37. The quantitative estimate of drug-likeness (QED) is 0.484. The number of amidine groups is 1. The minimum atomic E-state index is -4.52. The van der Waals surface area contributed by atoms with Gasteiger partial charge in [-0.05, 0) is 66.1 Å². The van der Waals surface area contributed by atoms with Crippen LogP contribution in [-0.4, -0.2) is 44.9 Å². The first-order valence-electron chi connectivity index (χ1n) is 11.0. The zero-order valence-electron chi connectivity index (χ0n) is 18.4. The third-order valence-corrected chi connectivity index (χ3v) is 7.28. The maximum atomic E-state index is 13.5. The number of halogens is 4. The Morgan fingerprint density at radius 1 is 1.23 bits per heavy atom. The maximum absolute atomic E-state index is 13.5. The minimum absolute atomic E-state index is 0.0266. The van der Waals surface area contributed by atoms with Crippen LogP contribution in [0.3, 0.4) is 0 Å². The lowest BCUT2D eigenvalue weighted by Gasteiger charge is -2.31. The normalized spacial score (nSPS) is 20.2. The van der Waals surface area contributed by atoms with Gasteiger partial charge in [-0.2, -0.15) is 23.3 Å². The number of aliphatic imine (C=N–C) groups is 1. The number of fused-ring (bicyclic) bond motifs is 1. The van der Waals surface area contributed by atoms with Gasteiger partial charge in [0.05, 0.1) is 28.7 Å². The van der Waals surface area contributed by atoms with Crippen LogP contribution >= 0.6 is 23.4 Å². The van der Waals surface area contributed by atoms with Gasteiger partial charge in [-0.25, -0.2) is 0 Å². The molecule has 2 N–H and O–H groups in total. The number of carbonyl (C=O) groups excluding carboxylic acids is 1. The summed E-state index contributed by atoms with van der Waals surface area (Å²) in [7, 11) is 0. The Bertz CT molecular complexity index is 1370. The Labute approximate surface area is 208 Å². The lowest BCUT2D eigenvalue weighted by atomic mass is 10.1. The van der Waals surface area contributed by atoms with Crippen molar-refractivity contribution >= 4 is 51.4 Å². The Hall–Kier alpha value is -2.82. The Morgan fingerprint density at radius 3 is 2.83 bits per heavy atom.